The van der Waals surface area contributed by atoms with Crippen LogP contribution < -0.4 is 9.47 Å². The molecule has 0 bridgehead atoms. The summed E-state index contributed by atoms with van der Waals surface area (Å²) in [6.07, 6.45) is 0.831. The Hall–Kier alpha value is -4.02. The second-order valence-electron chi connectivity index (χ2n) is 9.26. The number of benzene rings is 4. The molecule has 4 nitrogen and oxygen atoms in total. The molecule has 4 heteroatoms. The van der Waals surface area contributed by atoms with Crippen molar-refractivity contribution >= 4 is 11.0 Å². The third-order valence-electron chi connectivity index (χ3n) is 6.87. The summed E-state index contributed by atoms with van der Waals surface area (Å²) in [5, 5.41) is 1.15. The zero-order chi connectivity index (χ0) is 24.2. The SMILES string of the molecule is c1ccc(C(CN(CCc2cc3ccccc3o2)Cc2cccc3c2OCO3)c2ccccc2)cc1. The molecule has 36 heavy (non-hydrogen) atoms. The second kappa shape index (κ2) is 10.3. The number of ether oxygens (including phenoxy) is 2. The van der Waals surface area contributed by atoms with E-state index in [9.17, 15) is 0 Å². The van der Waals surface area contributed by atoms with Gasteiger partial charge in [0.1, 0.15) is 11.3 Å². The summed E-state index contributed by atoms with van der Waals surface area (Å²) in [7, 11) is 0. The van der Waals surface area contributed by atoms with Crippen molar-refractivity contribution in [2.75, 3.05) is 19.9 Å². The Balaban J connectivity index is 1.30. The zero-order valence-electron chi connectivity index (χ0n) is 20.2. The number of fused-ring (bicyclic) bond motifs is 2. The summed E-state index contributed by atoms with van der Waals surface area (Å²) < 4.78 is 17.6. The van der Waals surface area contributed by atoms with E-state index in [1.807, 2.05) is 24.3 Å². The topological polar surface area (TPSA) is 34.8 Å². The first kappa shape index (κ1) is 22.4. The van der Waals surface area contributed by atoms with E-state index >= 15 is 0 Å². The molecule has 0 saturated heterocycles. The average molecular weight is 476 g/mol. The lowest BCUT2D eigenvalue weighted by Gasteiger charge is -2.28. The maximum Gasteiger partial charge on any atom is 0.231 e. The van der Waals surface area contributed by atoms with Crippen LogP contribution in [0, 0.1) is 0 Å². The smallest absolute Gasteiger partial charge is 0.231 e. The van der Waals surface area contributed by atoms with Crippen molar-refractivity contribution in [2.24, 2.45) is 0 Å². The van der Waals surface area contributed by atoms with E-state index in [0.717, 1.165) is 59.8 Å². The second-order valence-corrected chi connectivity index (χ2v) is 9.26. The zero-order valence-corrected chi connectivity index (χ0v) is 20.2. The molecular weight excluding hydrogens is 446 g/mol. The number of para-hydroxylation sites is 2. The molecule has 0 radical (unpaired) electrons. The van der Waals surface area contributed by atoms with Crippen LogP contribution in [0.15, 0.2) is 114 Å². The maximum absolute atomic E-state index is 6.15. The van der Waals surface area contributed by atoms with Gasteiger partial charge in [0, 0.05) is 42.9 Å². The van der Waals surface area contributed by atoms with Gasteiger partial charge in [-0.15, -0.1) is 0 Å². The predicted octanol–water partition coefficient (Wildman–Crippen LogP) is 7.04. The fraction of sp³-hybridized carbons (Fsp3) is 0.188. The Morgan fingerprint density at radius 1 is 0.722 bits per heavy atom. The van der Waals surface area contributed by atoms with Crippen molar-refractivity contribution in [3.05, 3.63) is 132 Å². The minimum Gasteiger partial charge on any atom is -0.461 e. The van der Waals surface area contributed by atoms with Crippen LogP contribution in [0.25, 0.3) is 11.0 Å². The highest BCUT2D eigenvalue weighted by atomic mass is 16.7. The Morgan fingerprint density at radius 2 is 1.44 bits per heavy atom. The summed E-state index contributed by atoms with van der Waals surface area (Å²) >= 11 is 0. The van der Waals surface area contributed by atoms with Gasteiger partial charge < -0.3 is 13.9 Å². The van der Waals surface area contributed by atoms with Crippen LogP contribution in [0.3, 0.4) is 0 Å². The van der Waals surface area contributed by atoms with Gasteiger partial charge in [0.15, 0.2) is 11.5 Å². The van der Waals surface area contributed by atoms with E-state index in [4.69, 9.17) is 13.9 Å². The molecule has 1 aliphatic rings. The van der Waals surface area contributed by atoms with Crippen molar-refractivity contribution in [3.8, 4) is 11.5 Å². The molecule has 0 atom stereocenters. The Bertz CT molecular complexity index is 1360. The van der Waals surface area contributed by atoms with Crippen molar-refractivity contribution in [1.29, 1.82) is 0 Å². The Kier molecular flexibility index (Phi) is 6.43. The number of hydrogen-bond acceptors (Lipinski definition) is 4. The van der Waals surface area contributed by atoms with Crippen LogP contribution in [0.1, 0.15) is 28.4 Å². The van der Waals surface area contributed by atoms with Crippen LogP contribution in [-0.2, 0) is 13.0 Å². The first-order valence-electron chi connectivity index (χ1n) is 12.5. The fourth-order valence-electron chi connectivity index (χ4n) is 5.05. The van der Waals surface area contributed by atoms with Crippen LogP contribution in [0.4, 0.5) is 0 Å². The molecule has 6 rings (SSSR count). The predicted molar refractivity (Wildman–Crippen MR) is 142 cm³/mol. The van der Waals surface area contributed by atoms with Crippen molar-refractivity contribution in [3.63, 3.8) is 0 Å². The first-order valence-corrected chi connectivity index (χ1v) is 12.5. The van der Waals surface area contributed by atoms with E-state index in [2.05, 4.69) is 89.8 Å². The molecule has 0 saturated carbocycles. The monoisotopic (exact) mass is 475 g/mol. The highest BCUT2D eigenvalue weighted by Crippen LogP contribution is 2.36. The fourth-order valence-corrected chi connectivity index (χ4v) is 5.05. The van der Waals surface area contributed by atoms with Crippen LogP contribution in [0.2, 0.25) is 0 Å². The van der Waals surface area contributed by atoms with Gasteiger partial charge in [0.2, 0.25) is 6.79 Å². The van der Waals surface area contributed by atoms with Gasteiger partial charge in [-0.3, -0.25) is 4.90 Å². The molecule has 1 aromatic heterocycles. The van der Waals surface area contributed by atoms with Gasteiger partial charge in [-0.25, -0.2) is 0 Å². The largest absolute Gasteiger partial charge is 0.461 e. The van der Waals surface area contributed by atoms with Gasteiger partial charge in [-0.1, -0.05) is 91.0 Å². The van der Waals surface area contributed by atoms with E-state index < -0.39 is 0 Å². The molecule has 4 aromatic carbocycles. The highest BCUT2D eigenvalue weighted by molar-refractivity contribution is 5.77. The van der Waals surface area contributed by atoms with Gasteiger partial charge in [-0.05, 0) is 29.3 Å². The van der Waals surface area contributed by atoms with E-state index in [1.54, 1.807) is 0 Å². The van der Waals surface area contributed by atoms with E-state index in [0.29, 0.717) is 0 Å². The number of furan rings is 1. The molecule has 0 aliphatic carbocycles. The lowest BCUT2D eigenvalue weighted by atomic mass is 9.90. The summed E-state index contributed by atoms with van der Waals surface area (Å²) in [6, 6.07) is 38.1. The number of rotatable bonds is 9. The molecule has 0 spiro atoms. The average Bonchev–Trinajstić information content (AvgIpc) is 3.58. The Morgan fingerprint density at radius 3 is 2.19 bits per heavy atom. The highest BCUT2D eigenvalue weighted by Gasteiger charge is 2.23. The van der Waals surface area contributed by atoms with Crippen molar-refractivity contribution < 1.29 is 13.9 Å². The van der Waals surface area contributed by atoms with Gasteiger partial charge in [0.25, 0.3) is 0 Å². The molecule has 0 fully saturated rings. The van der Waals surface area contributed by atoms with Gasteiger partial charge in [-0.2, -0.15) is 0 Å². The first-order chi connectivity index (χ1) is 17.8. The summed E-state index contributed by atoms with van der Waals surface area (Å²) in [5.74, 6) is 2.95. The van der Waals surface area contributed by atoms with E-state index in [1.165, 1.54) is 11.1 Å². The molecule has 5 aromatic rings. The molecule has 180 valence electrons. The lowest BCUT2D eigenvalue weighted by molar-refractivity contribution is 0.171. The third kappa shape index (κ3) is 4.86. The normalized spacial score (nSPS) is 12.6. The molecule has 0 unspecified atom stereocenters. The van der Waals surface area contributed by atoms with E-state index in [-0.39, 0.29) is 12.7 Å². The molecule has 0 N–H and O–H groups in total. The summed E-state index contributed by atoms with van der Waals surface area (Å²) in [5.41, 5.74) is 4.72. The molecule has 2 heterocycles. The molecule has 1 aliphatic heterocycles. The van der Waals surface area contributed by atoms with Crippen LogP contribution >= 0.6 is 0 Å². The van der Waals surface area contributed by atoms with Gasteiger partial charge >= 0.3 is 0 Å². The Labute approximate surface area is 211 Å². The molecule has 0 amide bonds. The number of hydrogen-bond donors (Lipinski definition) is 0. The van der Waals surface area contributed by atoms with Crippen LogP contribution in [0.5, 0.6) is 11.5 Å². The van der Waals surface area contributed by atoms with Crippen LogP contribution in [-0.4, -0.2) is 24.8 Å². The number of nitrogens with zero attached hydrogens (tertiary/aromatic N) is 1. The minimum atomic E-state index is 0.247. The van der Waals surface area contributed by atoms with Crippen molar-refractivity contribution in [1.82, 2.24) is 4.90 Å². The summed E-state index contributed by atoms with van der Waals surface area (Å²) in [4.78, 5) is 2.51. The van der Waals surface area contributed by atoms with Crippen molar-refractivity contribution in [2.45, 2.75) is 18.9 Å². The maximum atomic E-state index is 6.15. The quantitative estimate of drug-likeness (QED) is 0.229. The summed E-state index contributed by atoms with van der Waals surface area (Å²) in [6.45, 7) is 2.78. The minimum absolute atomic E-state index is 0.247. The third-order valence-corrected chi connectivity index (χ3v) is 6.87. The lowest BCUT2D eigenvalue weighted by Crippen LogP contribution is -2.31. The molecular formula is C32H29NO3. The standard InChI is InChI=1S/C32H29NO3/c1-3-10-24(11-4-1)29(25-12-5-2-6-13-25)22-33(21-27-15-9-17-31-32(27)35-23-34-31)19-18-28-20-26-14-7-8-16-30(26)36-28/h1-17,20,29H,18-19,21-23H2. The van der Waals surface area contributed by atoms with Gasteiger partial charge in [0.05, 0.1) is 0 Å².